The van der Waals surface area contributed by atoms with Crippen LogP contribution in [-0.4, -0.2) is 57.4 Å². The molecular formula is C41H50NO7P. The highest BCUT2D eigenvalue weighted by molar-refractivity contribution is 7.59. The van der Waals surface area contributed by atoms with Crippen molar-refractivity contribution in [2.24, 2.45) is 17.3 Å². The lowest BCUT2D eigenvalue weighted by atomic mass is 9.77. The van der Waals surface area contributed by atoms with Crippen molar-refractivity contribution in [2.75, 3.05) is 6.54 Å². The number of amides is 1. The normalized spacial score (nSPS) is 25.5. The van der Waals surface area contributed by atoms with Crippen molar-refractivity contribution in [3.63, 3.8) is 0 Å². The Morgan fingerprint density at radius 1 is 1.00 bits per heavy atom. The molecule has 1 unspecified atom stereocenters. The molecule has 3 aliphatic rings. The number of esters is 1. The van der Waals surface area contributed by atoms with Gasteiger partial charge in [-0.1, -0.05) is 93.6 Å². The Morgan fingerprint density at radius 3 is 2.36 bits per heavy atom. The summed E-state index contributed by atoms with van der Waals surface area (Å²) in [7, 11) is -3.88. The summed E-state index contributed by atoms with van der Waals surface area (Å²) in [5.41, 5.74) is 0.134. The number of fused-ring (bicyclic) bond motifs is 1. The van der Waals surface area contributed by atoms with Gasteiger partial charge in [0, 0.05) is 18.2 Å². The Kier molecular flexibility index (Phi) is 10.4. The summed E-state index contributed by atoms with van der Waals surface area (Å²) in [6.07, 6.45) is 5.13. The molecule has 2 saturated carbocycles. The molecule has 1 heterocycles. The molecule has 6 atom stereocenters. The second kappa shape index (κ2) is 14.5. The van der Waals surface area contributed by atoms with Crippen LogP contribution in [0.15, 0.2) is 85.5 Å². The first-order valence-corrected chi connectivity index (χ1v) is 19.8. The Hall–Kier alpha value is -3.74. The van der Waals surface area contributed by atoms with E-state index in [0.717, 1.165) is 42.0 Å². The largest absolute Gasteiger partial charge is 0.488 e. The van der Waals surface area contributed by atoms with Gasteiger partial charge in [0.2, 0.25) is 13.3 Å². The Labute approximate surface area is 295 Å². The molecule has 0 aromatic heterocycles. The summed E-state index contributed by atoms with van der Waals surface area (Å²) in [5.74, 6) is -1.33. The summed E-state index contributed by atoms with van der Waals surface area (Å²) in [5, 5.41) is 0.803. The number of allylic oxidation sites excluding steroid dienone is 1. The van der Waals surface area contributed by atoms with Gasteiger partial charge in [0.1, 0.15) is 18.0 Å². The molecule has 1 saturated heterocycles. The zero-order valence-corrected chi connectivity index (χ0v) is 30.4. The predicted octanol–water partition coefficient (Wildman–Crippen LogP) is 8.10. The van der Waals surface area contributed by atoms with E-state index >= 15 is 0 Å². The molecule has 3 fully saturated rings. The van der Waals surface area contributed by atoms with Crippen molar-refractivity contribution in [2.45, 2.75) is 102 Å². The number of benzene rings is 3. The smallest absolute Gasteiger partial charge is 0.306 e. The molecule has 1 amide bonds. The average Bonchev–Trinajstić information content (AvgIpc) is 3.35. The molecule has 3 aromatic carbocycles. The van der Waals surface area contributed by atoms with E-state index in [1.54, 1.807) is 11.0 Å². The number of likely N-dealkylation sites (tertiary alicyclic amines) is 1. The SMILES string of the molecule is C=C[C@@H]1C[C@]1(CC(=O)[C@@H]1C[C@@H](Oc2cccc3ccccc23)CN1C(=O)[C@@H](CC(=O)OC1CCCC1)C(C)(C)C)P(=O)(O)Cc1ccccc1. The Balaban J connectivity index is 1.28. The van der Waals surface area contributed by atoms with Crippen molar-refractivity contribution in [3.05, 3.63) is 91.0 Å². The van der Waals surface area contributed by atoms with E-state index in [0.29, 0.717) is 12.2 Å². The van der Waals surface area contributed by atoms with Crippen molar-refractivity contribution in [1.82, 2.24) is 4.90 Å². The lowest BCUT2D eigenvalue weighted by Crippen LogP contribution is -2.48. The van der Waals surface area contributed by atoms with E-state index in [4.69, 9.17) is 9.47 Å². The highest BCUT2D eigenvalue weighted by Crippen LogP contribution is 2.74. The highest BCUT2D eigenvalue weighted by atomic mass is 31.2. The van der Waals surface area contributed by atoms with E-state index in [-0.39, 0.29) is 55.7 Å². The van der Waals surface area contributed by atoms with Gasteiger partial charge in [-0.2, -0.15) is 0 Å². The number of ketones is 1. The summed E-state index contributed by atoms with van der Waals surface area (Å²) < 4.78 is 26.5. The maximum absolute atomic E-state index is 14.6. The van der Waals surface area contributed by atoms with Crippen LogP contribution >= 0.6 is 7.37 Å². The lowest BCUT2D eigenvalue weighted by molar-refractivity contribution is -0.156. The van der Waals surface area contributed by atoms with Crippen LogP contribution in [0.3, 0.4) is 0 Å². The molecule has 9 heteroatoms. The maximum Gasteiger partial charge on any atom is 0.306 e. The summed E-state index contributed by atoms with van der Waals surface area (Å²) in [6.45, 7) is 9.84. The summed E-state index contributed by atoms with van der Waals surface area (Å²) in [6, 6.07) is 22.0. The van der Waals surface area contributed by atoms with Crippen LogP contribution in [0.1, 0.15) is 77.7 Å². The molecule has 3 aromatic rings. The van der Waals surface area contributed by atoms with Gasteiger partial charge in [-0.25, -0.2) is 0 Å². The van der Waals surface area contributed by atoms with E-state index in [9.17, 15) is 23.8 Å². The number of rotatable bonds is 13. The average molecular weight is 700 g/mol. The Bertz CT molecular complexity index is 1770. The van der Waals surface area contributed by atoms with E-state index in [1.807, 2.05) is 93.6 Å². The standard InChI is InChI=1S/C41H50NO7P/c1-5-30-24-41(30,50(46,47)27-28-14-7-6-8-15-28)25-36(43)35-22-32(48-37-21-13-17-29-16-9-12-20-33(29)37)26-42(35)39(45)34(40(2,3)4)23-38(44)49-31-18-10-11-19-31/h5-9,12-17,20-21,30-32,34-35H,1,10-11,18-19,22-27H2,2-4H3,(H,46,47)/t30-,32-,34-,35+,41-/m1/s1. The predicted molar refractivity (Wildman–Crippen MR) is 195 cm³/mol. The number of hydrogen-bond acceptors (Lipinski definition) is 6. The minimum atomic E-state index is -3.88. The van der Waals surface area contributed by atoms with E-state index in [2.05, 4.69) is 6.58 Å². The Morgan fingerprint density at radius 2 is 1.68 bits per heavy atom. The number of nitrogens with zero attached hydrogens (tertiary/aromatic N) is 1. The molecule has 0 radical (unpaired) electrons. The fourth-order valence-electron chi connectivity index (χ4n) is 8.04. The van der Waals surface area contributed by atoms with Crippen molar-refractivity contribution in [3.8, 4) is 5.75 Å². The van der Waals surface area contributed by atoms with Crippen molar-refractivity contribution in [1.29, 1.82) is 0 Å². The molecule has 6 rings (SSSR count). The van der Waals surface area contributed by atoms with E-state index < -0.39 is 42.0 Å². The number of ether oxygens (including phenoxy) is 2. The third-order valence-electron chi connectivity index (χ3n) is 11.1. The van der Waals surface area contributed by atoms with Crippen LogP contribution in [0.5, 0.6) is 5.75 Å². The maximum atomic E-state index is 14.6. The van der Waals surface area contributed by atoms with Gasteiger partial charge in [0.05, 0.1) is 36.2 Å². The minimum Gasteiger partial charge on any atom is -0.488 e. The third kappa shape index (κ3) is 7.62. The second-order valence-electron chi connectivity index (χ2n) is 15.6. The van der Waals surface area contributed by atoms with Gasteiger partial charge < -0.3 is 19.3 Å². The molecule has 8 nitrogen and oxygen atoms in total. The van der Waals surface area contributed by atoms with Gasteiger partial charge in [0.15, 0.2) is 5.78 Å². The number of carbonyl (C=O) groups excluding carboxylic acids is 3. The minimum absolute atomic E-state index is 0.0409. The molecule has 266 valence electrons. The fourth-order valence-corrected chi connectivity index (χ4v) is 10.6. The topological polar surface area (TPSA) is 110 Å². The zero-order valence-electron chi connectivity index (χ0n) is 29.5. The van der Waals surface area contributed by atoms with Crippen LogP contribution in [0.4, 0.5) is 0 Å². The monoisotopic (exact) mass is 699 g/mol. The van der Waals surface area contributed by atoms with E-state index in [1.165, 1.54) is 0 Å². The van der Waals surface area contributed by atoms with Crippen molar-refractivity contribution >= 4 is 35.8 Å². The van der Waals surface area contributed by atoms with Gasteiger partial charge in [-0.3, -0.25) is 18.9 Å². The van der Waals surface area contributed by atoms with Crippen LogP contribution < -0.4 is 4.74 Å². The molecule has 0 bridgehead atoms. The van der Waals surface area contributed by atoms with Gasteiger partial charge >= 0.3 is 5.97 Å². The van der Waals surface area contributed by atoms with Crippen LogP contribution in [0.25, 0.3) is 10.8 Å². The second-order valence-corrected chi connectivity index (χ2v) is 18.2. The van der Waals surface area contributed by atoms with Crippen molar-refractivity contribution < 1.29 is 33.3 Å². The lowest BCUT2D eigenvalue weighted by Gasteiger charge is -2.35. The molecule has 2 aliphatic carbocycles. The number of hydrogen-bond donors (Lipinski definition) is 1. The summed E-state index contributed by atoms with van der Waals surface area (Å²) in [4.78, 5) is 55.5. The number of carbonyl (C=O) groups is 3. The molecule has 50 heavy (non-hydrogen) atoms. The zero-order chi connectivity index (χ0) is 35.7. The van der Waals surface area contributed by atoms with Crippen LogP contribution in [0.2, 0.25) is 0 Å². The molecule has 0 spiro atoms. The van der Waals surface area contributed by atoms with Gasteiger partial charge in [-0.15, -0.1) is 6.58 Å². The molecule has 1 N–H and O–H groups in total. The first-order chi connectivity index (χ1) is 23.8. The highest BCUT2D eigenvalue weighted by Gasteiger charge is 2.65. The first-order valence-electron chi connectivity index (χ1n) is 18.0. The summed E-state index contributed by atoms with van der Waals surface area (Å²) >= 11 is 0. The van der Waals surface area contributed by atoms with Gasteiger partial charge in [0.25, 0.3) is 0 Å². The van der Waals surface area contributed by atoms with Crippen LogP contribution in [-0.2, 0) is 29.8 Å². The quantitative estimate of drug-likeness (QED) is 0.109. The number of Topliss-reactive ketones (excluding diaryl/α,β-unsaturated/α-hetero) is 1. The molecular weight excluding hydrogens is 649 g/mol. The van der Waals surface area contributed by atoms with Crippen LogP contribution in [0, 0.1) is 17.3 Å². The third-order valence-corrected chi connectivity index (χ3v) is 13.9. The fraction of sp³-hybridized carbons (Fsp3) is 0.488. The van der Waals surface area contributed by atoms with Gasteiger partial charge in [-0.05, 0) is 60.5 Å². The molecule has 1 aliphatic heterocycles. The first kappa shape index (κ1) is 36.1.